The molecule has 0 aromatic carbocycles. The van der Waals surface area contributed by atoms with Crippen LogP contribution < -0.4 is 5.73 Å². The first kappa shape index (κ1) is 11.6. The fraction of sp³-hybridized carbons (Fsp3) is 0.214. The number of nitrogens with two attached hydrogens (primary N) is 1. The van der Waals surface area contributed by atoms with E-state index in [0.29, 0.717) is 12.5 Å². The number of nitrogens with zero attached hydrogens (tertiary/aromatic N) is 4. The van der Waals surface area contributed by atoms with Crippen molar-refractivity contribution in [3.63, 3.8) is 0 Å². The van der Waals surface area contributed by atoms with Crippen molar-refractivity contribution in [2.45, 2.75) is 20.4 Å². The van der Waals surface area contributed by atoms with Crippen LogP contribution in [0.4, 0.5) is 5.95 Å². The van der Waals surface area contributed by atoms with Gasteiger partial charge in [0.1, 0.15) is 5.52 Å². The lowest BCUT2D eigenvalue weighted by Crippen LogP contribution is -2.07. The van der Waals surface area contributed by atoms with E-state index >= 15 is 0 Å². The molecule has 3 heterocycles. The van der Waals surface area contributed by atoms with Crippen LogP contribution in [0.5, 0.6) is 0 Å². The molecular weight excluding hydrogens is 238 g/mol. The first-order valence-corrected chi connectivity index (χ1v) is 6.14. The third kappa shape index (κ3) is 1.93. The molecule has 0 bridgehead atoms. The predicted molar refractivity (Wildman–Crippen MR) is 74.8 cm³/mol. The maximum Gasteiger partial charge on any atom is 0.202 e. The van der Waals surface area contributed by atoms with Crippen molar-refractivity contribution in [1.29, 1.82) is 0 Å². The molecule has 0 fully saturated rings. The fourth-order valence-electron chi connectivity index (χ4n) is 2.14. The molecule has 0 aliphatic rings. The monoisotopic (exact) mass is 253 g/mol. The average Bonchev–Trinajstić information content (AvgIpc) is 2.71. The first-order valence-electron chi connectivity index (χ1n) is 6.14. The van der Waals surface area contributed by atoms with Crippen molar-refractivity contribution in [2.75, 3.05) is 5.73 Å². The van der Waals surface area contributed by atoms with Crippen LogP contribution >= 0.6 is 0 Å². The van der Waals surface area contributed by atoms with E-state index in [1.165, 1.54) is 0 Å². The molecule has 96 valence electrons. The summed E-state index contributed by atoms with van der Waals surface area (Å²) in [6.45, 7) is 4.63. The Kier molecular flexibility index (Phi) is 2.67. The average molecular weight is 253 g/mol. The molecule has 0 unspecified atom stereocenters. The highest BCUT2D eigenvalue weighted by Gasteiger charge is 2.12. The van der Waals surface area contributed by atoms with Crippen molar-refractivity contribution >= 4 is 17.1 Å². The van der Waals surface area contributed by atoms with Gasteiger partial charge in [-0.1, -0.05) is 6.07 Å². The molecule has 3 aromatic heterocycles. The minimum atomic E-state index is 0.474. The molecule has 3 rings (SSSR count). The minimum absolute atomic E-state index is 0.474. The molecule has 2 N–H and O–H groups in total. The van der Waals surface area contributed by atoms with E-state index in [9.17, 15) is 0 Å². The van der Waals surface area contributed by atoms with Crippen molar-refractivity contribution in [3.8, 4) is 0 Å². The lowest BCUT2D eigenvalue weighted by molar-refractivity contribution is 0.793. The van der Waals surface area contributed by atoms with E-state index in [0.717, 1.165) is 28.0 Å². The summed E-state index contributed by atoms with van der Waals surface area (Å²) in [5.41, 5.74) is 10.9. The smallest absolute Gasteiger partial charge is 0.202 e. The van der Waals surface area contributed by atoms with E-state index in [1.807, 2.05) is 36.6 Å². The Morgan fingerprint density at radius 3 is 2.74 bits per heavy atom. The van der Waals surface area contributed by atoms with Crippen molar-refractivity contribution < 1.29 is 0 Å². The fourth-order valence-corrected chi connectivity index (χ4v) is 2.14. The lowest BCUT2D eigenvalue weighted by Gasteiger charge is -2.07. The molecule has 0 radical (unpaired) electrons. The number of anilines is 1. The molecule has 19 heavy (non-hydrogen) atoms. The molecule has 0 saturated heterocycles. The highest BCUT2D eigenvalue weighted by atomic mass is 15.2. The van der Waals surface area contributed by atoms with Crippen LogP contribution in [0.15, 0.2) is 30.6 Å². The summed E-state index contributed by atoms with van der Waals surface area (Å²) in [5, 5.41) is 0. The van der Waals surface area contributed by atoms with Gasteiger partial charge in [-0.25, -0.2) is 9.97 Å². The van der Waals surface area contributed by atoms with Gasteiger partial charge in [-0.3, -0.25) is 9.55 Å². The molecule has 0 aliphatic carbocycles. The maximum atomic E-state index is 6.00. The Morgan fingerprint density at radius 1 is 1.11 bits per heavy atom. The number of aromatic nitrogens is 4. The first-order chi connectivity index (χ1) is 9.16. The van der Waals surface area contributed by atoms with Crippen LogP contribution in [0, 0.1) is 13.8 Å². The highest BCUT2D eigenvalue weighted by molar-refractivity contribution is 5.77. The quantitative estimate of drug-likeness (QED) is 0.759. The van der Waals surface area contributed by atoms with Gasteiger partial charge in [-0.2, -0.15) is 0 Å². The van der Waals surface area contributed by atoms with Gasteiger partial charge in [0.05, 0.1) is 12.2 Å². The number of nitrogen functional groups attached to an aromatic ring is 1. The standard InChI is InChI=1S/C14H15N5/c1-9-4-3-6-16-11(9)8-19-13-12(18-14(19)15)10(2)5-7-17-13/h3-7H,8H2,1-2H3,(H2,15,18). The largest absolute Gasteiger partial charge is 0.369 e. The minimum Gasteiger partial charge on any atom is -0.369 e. The maximum absolute atomic E-state index is 6.00. The van der Waals surface area contributed by atoms with Crippen LogP contribution in [0.1, 0.15) is 16.8 Å². The van der Waals surface area contributed by atoms with Gasteiger partial charge >= 0.3 is 0 Å². The van der Waals surface area contributed by atoms with E-state index in [2.05, 4.69) is 15.0 Å². The molecule has 5 heteroatoms. The Hall–Kier alpha value is -2.43. The second-order valence-corrected chi connectivity index (χ2v) is 4.62. The van der Waals surface area contributed by atoms with Crippen LogP contribution in [0.2, 0.25) is 0 Å². The van der Waals surface area contributed by atoms with E-state index in [-0.39, 0.29) is 0 Å². The van der Waals surface area contributed by atoms with Crippen LogP contribution in [-0.4, -0.2) is 19.5 Å². The second-order valence-electron chi connectivity index (χ2n) is 4.62. The number of rotatable bonds is 2. The Morgan fingerprint density at radius 2 is 1.95 bits per heavy atom. The van der Waals surface area contributed by atoms with Gasteiger partial charge in [-0.05, 0) is 37.1 Å². The Bertz CT molecular complexity index is 745. The number of aryl methyl sites for hydroxylation is 2. The van der Waals surface area contributed by atoms with Gasteiger partial charge in [0.15, 0.2) is 5.65 Å². The van der Waals surface area contributed by atoms with Crippen molar-refractivity contribution in [3.05, 3.63) is 47.4 Å². The molecule has 0 atom stereocenters. The zero-order chi connectivity index (χ0) is 13.4. The summed E-state index contributed by atoms with van der Waals surface area (Å²) in [6, 6.07) is 5.90. The molecule has 0 spiro atoms. The Balaban J connectivity index is 2.13. The summed E-state index contributed by atoms with van der Waals surface area (Å²) in [4.78, 5) is 13.2. The molecule has 0 amide bonds. The molecule has 5 nitrogen and oxygen atoms in total. The molecule has 0 saturated carbocycles. The van der Waals surface area contributed by atoms with Gasteiger partial charge in [-0.15, -0.1) is 0 Å². The number of pyridine rings is 2. The van der Waals surface area contributed by atoms with Crippen molar-refractivity contribution in [1.82, 2.24) is 19.5 Å². The van der Waals surface area contributed by atoms with Crippen LogP contribution in [0.25, 0.3) is 11.2 Å². The van der Waals surface area contributed by atoms with Crippen LogP contribution in [-0.2, 0) is 6.54 Å². The zero-order valence-electron chi connectivity index (χ0n) is 11.0. The number of imidazole rings is 1. The van der Waals surface area contributed by atoms with Crippen LogP contribution in [0.3, 0.4) is 0 Å². The predicted octanol–water partition coefficient (Wildman–Crippen LogP) is 2.07. The second kappa shape index (κ2) is 4.35. The summed E-state index contributed by atoms with van der Waals surface area (Å²) in [7, 11) is 0. The molecule has 3 aromatic rings. The van der Waals surface area contributed by atoms with Gasteiger partial charge in [0, 0.05) is 12.4 Å². The topological polar surface area (TPSA) is 69.6 Å². The van der Waals surface area contributed by atoms with E-state index in [1.54, 1.807) is 12.4 Å². The summed E-state index contributed by atoms with van der Waals surface area (Å²) in [6.07, 6.45) is 3.57. The number of hydrogen-bond acceptors (Lipinski definition) is 4. The van der Waals surface area contributed by atoms with E-state index < -0.39 is 0 Å². The third-order valence-corrected chi connectivity index (χ3v) is 3.29. The van der Waals surface area contributed by atoms with Gasteiger partial charge in [0.25, 0.3) is 0 Å². The molecular formula is C14H15N5. The normalized spacial score (nSPS) is 11.1. The number of fused-ring (bicyclic) bond motifs is 1. The third-order valence-electron chi connectivity index (χ3n) is 3.29. The van der Waals surface area contributed by atoms with Crippen molar-refractivity contribution in [2.24, 2.45) is 0 Å². The number of hydrogen-bond donors (Lipinski definition) is 1. The summed E-state index contributed by atoms with van der Waals surface area (Å²) < 4.78 is 1.90. The van der Waals surface area contributed by atoms with Gasteiger partial charge < -0.3 is 5.73 Å². The van der Waals surface area contributed by atoms with Gasteiger partial charge in [0.2, 0.25) is 5.95 Å². The van der Waals surface area contributed by atoms with E-state index in [4.69, 9.17) is 5.73 Å². The zero-order valence-corrected chi connectivity index (χ0v) is 11.0. The SMILES string of the molecule is Cc1cccnc1Cn1c(N)nc2c(C)ccnc21. The summed E-state index contributed by atoms with van der Waals surface area (Å²) >= 11 is 0. The lowest BCUT2D eigenvalue weighted by atomic mass is 10.2. The molecule has 0 aliphatic heterocycles. The Labute approximate surface area is 111 Å². The summed E-state index contributed by atoms with van der Waals surface area (Å²) in [5.74, 6) is 0.474. The highest BCUT2D eigenvalue weighted by Crippen LogP contribution is 2.20.